The largest absolute Gasteiger partial charge is 0.459 e. The van der Waals surface area contributed by atoms with Crippen LogP contribution in [0.1, 0.15) is 52.9 Å². The molecule has 0 aliphatic rings. The number of carbonyl (C=O) groups is 2. The normalized spacial score (nSPS) is 11.5. The van der Waals surface area contributed by atoms with Crippen molar-refractivity contribution < 1.29 is 14.0 Å². The average molecular weight is 415 g/mol. The Morgan fingerprint density at radius 3 is 2.55 bits per heavy atom. The van der Waals surface area contributed by atoms with E-state index in [1.165, 1.54) is 11.8 Å². The summed E-state index contributed by atoms with van der Waals surface area (Å²) in [5.41, 5.74) is 4.22. The number of nitrogens with one attached hydrogen (secondary N) is 3. The SMILES string of the molecule is CC(C)(C)c1ccc2cc(C(=O)NCc3cccc(NC(=O)c4ccco4)c3)[nH]c2c1. The first kappa shape index (κ1) is 20.5. The molecule has 4 rings (SSSR count). The highest BCUT2D eigenvalue weighted by atomic mass is 16.3. The van der Waals surface area contributed by atoms with Crippen LogP contribution in [0, 0.1) is 0 Å². The van der Waals surface area contributed by atoms with Crippen molar-refractivity contribution in [2.45, 2.75) is 32.7 Å². The number of aromatic nitrogens is 1. The van der Waals surface area contributed by atoms with E-state index in [1.807, 2.05) is 30.3 Å². The van der Waals surface area contributed by atoms with Gasteiger partial charge in [-0.2, -0.15) is 0 Å². The molecule has 0 radical (unpaired) electrons. The summed E-state index contributed by atoms with van der Waals surface area (Å²) in [6.07, 6.45) is 1.45. The van der Waals surface area contributed by atoms with Crippen molar-refractivity contribution in [3.63, 3.8) is 0 Å². The quantitative estimate of drug-likeness (QED) is 0.416. The maximum Gasteiger partial charge on any atom is 0.291 e. The first-order valence-electron chi connectivity index (χ1n) is 10.1. The van der Waals surface area contributed by atoms with E-state index in [2.05, 4.69) is 48.5 Å². The van der Waals surface area contributed by atoms with Crippen LogP contribution in [0.5, 0.6) is 0 Å². The van der Waals surface area contributed by atoms with E-state index in [0.717, 1.165) is 16.5 Å². The summed E-state index contributed by atoms with van der Waals surface area (Å²) in [6, 6.07) is 18.7. The first-order chi connectivity index (χ1) is 14.8. The van der Waals surface area contributed by atoms with Crippen LogP contribution >= 0.6 is 0 Å². The first-order valence-corrected chi connectivity index (χ1v) is 10.1. The number of aromatic amines is 1. The third-order valence-electron chi connectivity index (χ3n) is 5.12. The Morgan fingerprint density at radius 2 is 1.81 bits per heavy atom. The van der Waals surface area contributed by atoms with Crippen LogP contribution in [0.2, 0.25) is 0 Å². The van der Waals surface area contributed by atoms with Gasteiger partial charge in [0.25, 0.3) is 11.8 Å². The van der Waals surface area contributed by atoms with Gasteiger partial charge in [0.2, 0.25) is 0 Å². The molecular formula is C25H25N3O3. The Balaban J connectivity index is 1.42. The van der Waals surface area contributed by atoms with Crippen LogP contribution < -0.4 is 10.6 Å². The van der Waals surface area contributed by atoms with Crippen LogP contribution in [0.15, 0.2) is 71.3 Å². The minimum absolute atomic E-state index is 0.0408. The van der Waals surface area contributed by atoms with Gasteiger partial charge < -0.3 is 20.0 Å². The molecule has 3 N–H and O–H groups in total. The number of furan rings is 1. The number of anilines is 1. The molecule has 0 spiro atoms. The van der Waals surface area contributed by atoms with Gasteiger partial charge in [-0.1, -0.05) is 45.0 Å². The zero-order valence-corrected chi connectivity index (χ0v) is 17.8. The summed E-state index contributed by atoms with van der Waals surface area (Å²) < 4.78 is 5.10. The summed E-state index contributed by atoms with van der Waals surface area (Å²) >= 11 is 0. The van der Waals surface area contributed by atoms with Crippen molar-refractivity contribution in [3.05, 3.63) is 89.5 Å². The number of hydrogen-bond donors (Lipinski definition) is 3. The van der Waals surface area contributed by atoms with Gasteiger partial charge in [0.15, 0.2) is 5.76 Å². The van der Waals surface area contributed by atoms with Crippen LogP contribution in [-0.2, 0) is 12.0 Å². The van der Waals surface area contributed by atoms with Gasteiger partial charge in [0, 0.05) is 23.1 Å². The molecule has 31 heavy (non-hydrogen) atoms. The fourth-order valence-corrected chi connectivity index (χ4v) is 3.35. The van der Waals surface area contributed by atoms with Crippen molar-refractivity contribution >= 4 is 28.4 Å². The van der Waals surface area contributed by atoms with Gasteiger partial charge in [-0.25, -0.2) is 0 Å². The van der Waals surface area contributed by atoms with Crippen molar-refractivity contribution in [3.8, 4) is 0 Å². The maximum atomic E-state index is 12.7. The van der Waals surface area contributed by atoms with Gasteiger partial charge in [-0.15, -0.1) is 0 Å². The molecule has 2 aromatic heterocycles. The Bertz CT molecular complexity index is 1230. The van der Waals surface area contributed by atoms with Crippen LogP contribution in [0.25, 0.3) is 10.9 Å². The standard InChI is InChI=1S/C25H25N3O3/c1-25(2,3)18-10-9-17-13-21(28-20(17)14-18)23(29)26-15-16-6-4-7-19(12-16)27-24(30)22-8-5-11-31-22/h4-14,28H,15H2,1-3H3,(H,26,29)(H,27,30). The molecule has 0 fully saturated rings. The zero-order valence-electron chi connectivity index (χ0n) is 17.8. The molecule has 6 nitrogen and oxygen atoms in total. The van der Waals surface area contributed by atoms with E-state index >= 15 is 0 Å². The Kier molecular flexibility index (Phi) is 5.38. The van der Waals surface area contributed by atoms with Crippen LogP contribution in [-0.4, -0.2) is 16.8 Å². The summed E-state index contributed by atoms with van der Waals surface area (Å²) in [6.45, 7) is 6.83. The highest BCUT2D eigenvalue weighted by Crippen LogP contribution is 2.26. The second-order valence-corrected chi connectivity index (χ2v) is 8.55. The molecule has 0 aliphatic carbocycles. The van der Waals surface area contributed by atoms with E-state index in [-0.39, 0.29) is 23.0 Å². The van der Waals surface area contributed by atoms with E-state index in [1.54, 1.807) is 18.2 Å². The lowest BCUT2D eigenvalue weighted by Crippen LogP contribution is -2.23. The minimum Gasteiger partial charge on any atom is -0.459 e. The smallest absolute Gasteiger partial charge is 0.291 e. The Morgan fingerprint density at radius 1 is 0.968 bits per heavy atom. The van der Waals surface area contributed by atoms with Crippen LogP contribution in [0.4, 0.5) is 5.69 Å². The molecule has 0 aliphatic heterocycles. The predicted molar refractivity (Wildman–Crippen MR) is 121 cm³/mol. The summed E-state index contributed by atoms with van der Waals surface area (Å²) in [5.74, 6) is -0.260. The molecule has 158 valence electrons. The number of amides is 2. The van der Waals surface area contributed by atoms with E-state index in [4.69, 9.17) is 4.42 Å². The summed E-state index contributed by atoms with van der Waals surface area (Å²) in [5, 5.41) is 6.72. The highest BCUT2D eigenvalue weighted by molar-refractivity contribution is 6.02. The molecule has 6 heteroatoms. The maximum absolute atomic E-state index is 12.7. The summed E-state index contributed by atoms with van der Waals surface area (Å²) in [7, 11) is 0. The molecule has 0 atom stereocenters. The van der Waals surface area contributed by atoms with Gasteiger partial charge in [-0.3, -0.25) is 9.59 Å². The fourth-order valence-electron chi connectivity index (χ4n) is 3.35. The number of carbonyl (C=O) groups excluding carboxylic acids is 2. The molecule has 2 aromatic carbocycles. The number of H-pyrrole nitrogens is 1. The number of benzene rings is 2. The van der Waals surface area contributed by atoms with Gasteiger partial charge in [0.1, 0.15) is 5.69 Å². The van der Waals surface area contributed by atoms with Gasteiger partial charge in [0.05, 0.1) is 6.26 Å². The molecule has 2 amide bonds. The predicted octanol–water partition coefficient (Wildman–Crippen LogP) is 5.24. The minimum atomic E-state index is -0.320. The fraction of sp³-hybridized carbons (Fsp3) is 0.200. The van der Waals surface area contributed by atoms with Gasteiger partial charge in [-0.05, 0) is 52.9 Å². The molecule has 0 bridgehead atoms. The van der Waals surface area contributed by atoms with Gasteiger partial charge >= 0.3 is 0 Å². The lowest BCUT2D eigenvalue weighted by atomic mass is 9.87. The number of rotatable bonds is 5. The topological polar surface area (TPSA) is 87.1 Å². The molecule has 0 saturated carbocycles. The molecule has 0 saturated heterocycles. The van der Waals surface area contributed by atoms with E-state index in [0.29, 0.717) is 17.9 Å². The second-order valence-electron chi connectivity index (χ2n) is 8.55. The monoisotopic (exact) mass is 415 g/mol. The second kappa shape index (κ2) is 8.14. The lowest BCUT2D eigenvalue weighted by Gasteiger charge is -2.18. The molecule has 2 heterocycles. The lowest BCUT2D eigenvalue weighted by molar-refractivity contribution is 0.0945. The third-order valence-corrected chi connectivity index (χ3v) is 5.12. The van der Waals surface area contributed by atoms with E-state index < -0.39 is 0 Å². The van der Waals surface area contributed by atoms with Crippen molar-refractivity contribution in [2.24, 2.45) is 0 Å². The average Bonchev–Trinajstić information content (AvgIpc) is 3.41. The van der Waals surface area contributed by atoms with Crippen LogP contribution in [0.3, 0.4) is 0 Å². The Hall–Kier alpha value is -3.80. The third kappa shape index (κ3) is 4.69. The Labute approximate surface area is 180 Å². The molecule has 0 unspecified atom stereocenters. The van der Waals surface area contributed by atoms with Crippen molar-refractivity contribution in [1.82, 2.24) is 10.3 Å². The van der Waals surface area contributed by atoms with E-state index in [9.17, 15) is 9.59 Å². The number of fused-ring (bicyclic) bond motifs is 1. The zero-order chi connectivity index (χ0) is 22.0. The summed E-state index contributed by atoms with van der Waals surface area (Å²) in [4.78, 5) is 28.0. The van der Waals surface area contributed by atoms with Crippen molar-refractivity contribution in [2.75, 3.05) is 5.32 Å². The number of hydrogen-bond acceptors (Lipinski definition) is 3. The van der Waals surface area contributed by atoms with Crippen molar-refractivity contribution in [1.29, 1.82) is 0 Å². The molecule has 4 aromatic rings. The molecular weight excluding hydrogens is 390 g/mol. The highest BCUT2D eigenvalue weighted by Gasteiger charge is 2.16.